The summed E-state index contributed by atoms with van der Waals surface area (Å²) >= 11 is 0. The van der Waals surface area contributed by atoms with E-state index in [-0.39, 0.29) is 25.9 Å². The Bertz CT molecular complexity index is 1480. The van der Waals surface area contributed by atoms with Crippen LogP contribution in [-0.4, -0.2) is 89.2 Å². The number of aliphatic hydroxyl groups excluding tert-OH is 2. The Labute approximate surface area is 470 Å². The molecule has 12 nitrogen and oxygen atoms in total. The van der Waals surface area contributed by atoms with Crippen molar-refractivity contribution in [3.63, 3.8) is 0 Å². The molecule has 1 aliphatic heterocycles. The maximum atomic E-state index is 13.2. The van der Waals surface area contributed by atoms with Crippen molar-refractivity contribution in [1.29, 1.82) is 0 Å². The quantitative estimate of drug-likeness (QED) is 0.0228. The van der Waals surface area contributed by atoms with Crippen LogP contribution in [0.4, 0.5) is 0 Å². The van der Waals surface area contributed by atoms with Crippen LogP contribution in [0.3, 0.4) is 0 Å². The average Bonchev–Trinajstić information content (AvgIpc) is 3.42. The summed E-state index contributed by atoms with van der Waals surface area (Å²) in [6.07, 6.45) is 51.1. The molecule has 77 heavy (non-hydrogen) atoms. The zero-order chi connectivity index (χ0) is 56.1. The van der Waals surface area contributed by atoms with Gasteiger partial charge in [0.1, 0.15) is 18.8 Å². The molecule has 0 aromatic carbocycles. The van der Waals surface area contributed by atoms with Crippen molar-refractivity contribution in [2.75, 3.05) is 13.2 Å². The molecular formula is C65H116O12. The summed E-state index contributed by atoms with van der Waals surface area (Å²) in [5, 5.41) is 31.5. The van der Waals surface area contributed by atoms with Crippen molar-refractivity contribution in [2.45, 2.75) is 340 Å². The molecule has 0 bridgehead atoms. The number of aliphatic carboxylic acids is 1. The fourth-order valence-corrected chi connectivity index (χ4v) is 9.73. The molecule has 0 aromatic rings. The third kappa shape index (κ3) is 43.4. The Balaban J connectivity index is 2.64. The van der Waals surface area contributed by atoms with Crippen molar-refractivity contribution < 1.29 is 58.2 Å². The molecule has 0 radical (unpaired) electrons. The van der Waals surface area contributed by atoms with Crippen LogP contribution in [0.15, 0.2) is 36.5 Å². The number of carbonyl (C=O) groups excluding carboxylic acids is 3. The van der Waals surface area contributed by atoms with Crippen molar-refractivity contribution >= 4 is 23.9 Å². The van der Waals surface area contributed by atoms with Crippen LogP contribution in [-0.2, 0) is 42.9 Å². The molecular weight excluding hydrogens is 973 g/mol. The highest BCUT2D eigenvalue weighted by Crippen LogP contribution is 2.27. The first-order chi connectivity index (χ1) is 37.6. The number of carboxylic acids is 1. The summed E-state index contributed by atoms with van der Waals surface area (Å²) in [6.45, 7) is 5.96. The van der Waals surface area contributed by atoms with Crippen LogP contribution in [0.5, 0.6) is 0 Å². The van der Waals surface area contributed by atoms with E-state index in [1.807, 2.05) is 0 Å². The number of unbranched alkanes of at least 4 members (excludes halogenated alkanes) is 35. The number of hydrogen-bond acceptors (Lipinski definition) is 11. The zero-order valence-electron chi connectivity index (χ0n) is 49.5. The standard InChI is InChI=1S/C65H116O12/c1-4-7-10-13-16-19-22-24-26-28-29-31-32-34-37-39-42-45-48-51-57(66)73-54-56(75-58(67)52-49-46-43-41-38-35-33-30-27-25-23-20-17-14-11-8-5-2)55-74-65-63(61(70)60(69)62(77-65)64(71)72)76-59(68)53-50-47-44-40-36-21-18-15-12-9-6-3/h15-16,18-19,24,26,56,60-63,65,69-70H,4-14,17,20-23,25,27-55H2,1-3H3,(H,71,72)/b18-15-,19-16-,26-24-. The topological polar surface area (TPSA) is 175 Å². The van der Waals surface area contributed by atoms with Crippen molar-refractivity contribution in [1.82, 2.24) is 0 Å². The highest BCUT2D eigenvalue weighted by atomic mass is 16.7. The van der Waals surface area contributed by atoms with E-state index in [2.05, 4.69) is 57.2 Å². The summed E-state index contributed by atoms with van der Waals surface area (Å²) < 4.78 is 28.5. The lowest BCUT2D eigenvalue weighted by Gasteiger charge is -2.40. The summed E-state index contributed by atoms with van der Waals surface area (Å²) in [5.41, 5.74) is 0. The fourth-order valence-electron chi connectivity index (χ4n) is 9.73. The average molecular weight is 1090 g/mol. The second kappa shape index (κ2) is 53.6. The molecule has 0 spiro atoms. The van der Waals surface area contributed by atoms with Gasteiger partial charge < -0.3 is 39.0 Å². The van der Waals surface area contributed by atoms with Crippen molar-refractivity contribution in [2.24, 2.45) is 0 Å². The molecule has 1 fully saturated rings. The van der Waals surface area contributed by atoms with Crippen LogP contribution in [0.1, 0.15) is 303 Å². The molecule has 6 unspecified atom stereocenters. The van der Waals surface area contributed by atoms with Gasteiger partial charge >= 0.3 is 23.9 Å². The Hall–Kier alpha value is -3.06. The minimum atomic E-state index is -1.90. The van der Waals surface area contributed by atoms with Gasteiger partial charge in [-0.25, -0.2) is 4.79 Å². The first-order valence-electron chi connectivity index (χ1n) is 32.0. The van der Waals surface area contributed by atoms with Gasteiger partial charge in [0.2, 0.25) is 0 Å². The maximum absolute atomic E-state index is 13.2. The predicted molar refractivity (Wildman–Crippen MR) is 313 cm³/mol. The van der Waals surface area contributed by atoms with Crippen LogP contribution in [0.25, 0.3) is 0 Å². The number of ether oxygens (including phenoxy) is 5. The van der Waals surface area contributed by atoms with E-state index >= 15 is 0 Å². The first-order valence-corrected chi connectivity index (χ1v) is 32.0. The Morgan fingerprint density at radius 2 is 0.792 bits per heavy atom. The van der Waals surface area contributed by atoms with Gasteiger partial charge in [-0.15, -0.1) is 0 Å². The van der Waals surface area contributed by atoms with Gasteiger partial charge in [0.25, 0.3) is 0 Å². The van der Waals surface area contributed by atoms with Gasteiger partial charge in [0.15, 0.2) is 24.6 Å². The number of carbonyl (C=O) groups is 4. The predicted octanol–water partition coefficient (Wildman–Crippen LogP) is 16.8. The molecule has 1 heterocycles. The van der Waals surface area contributed by atoms with Gasteiger partial charge in [-0.3, -0.25) is 14.4 Å². The van der Waals surface area contributed by atoms with Crippen LogP contribution in [0, 0.1) is 0 Å². The second-order valence-electron chi connectivity index (χ2n) is 22.0. The van der Waals surface area contributed by atoms with Gasteiger partial charge in [0, 0.05) is 19.3 Å². The van der Waals surface area contributed by atoms with Crippen LogP contribution >= 0.6 is 0 Å². The summed E-state index contributed by atoms with van der Waals surface area (Å²) in [6, 6.07) is 0. The fraction of sp³-hybridized carbons (Fsp3) is 0.846. The Morgan fingerprint density at radius 1 is 0.429 bits per heavy atom. The molecule has 6 atom stereocenters. The maximum Gasteiger partial charge on any atom is 0.335 e. The van der Waals surface area contributed by atoms with E-state index in [1.165, 1.54) is 154 Å². The minimum absolute atomic E-state index is 0.0527. The van der Waals surface area contributed by atoms with Gasteiger partial charge in [-0.2, -0.15) is 0 Å². The first kappa shape index (κ1) is 72.0. The normalized spacial score (nSPS) is 18.2. The monoisotopic (exact) mass is 1090 g/mol. The van der Waals surface area contributed by atoms with E-state index in [9.17, 15) is 34.5 Å². The largest absolute Gasteiger partial charge is 0.479 e. The highest BCUT2D eigenvalue weighted by Gasteiger charge is 2.50. The molecule has 1 rings (SSSR count). The molecule has 12 heteroatoms. The molecule has 448 valence electrons. The molecule has 1 aliphatic rings. The minimum Gasteiger partial charge on any atom is -0.479 e. The SMILES string of the molecule is CCCC/C=C\CCCCCCCC(=O)OC1C(OCC(COC(=O)CCCCCCCCCCC/C=C\C/C=C\CCCCC)OC(=O)CCCCCCCCCCCCCCCCCCC)OC(C(=O)O)C(O)C1O. The van der Waals surface area contributed by atoms with E-state index in [1.54, 1.807) is 0 Å². The van der Waals surface area contributed by atoms with E-state index < -0.39 is 67.3 Å². The Morgan fingerprint density at radius 3 is 1.25 bits per heavy atom. The molecule has 1 saturated heterocycles. The number of rotatable bonds is 55. The molecule has 0 aliphatic carbocycles. The van der Waals surface area contributed by atoms with Crippen LogP contribution < -0.4 is 0 Å². The highest BCUT2D eigenvalue weighted by molar-refractivity contribution is 5.74. The number of carboxylic acid groups (broad SMARTS) is 1. The lowest BCUT2D eigenvalue weighted by atomic mass is 9.98. The van der Waals surface area contributed by atoms with E-state index in [4.69, 9.17) is 23.7 Å². The zero-order valence-corrected chi connectivity index (χ0v) is 49.5. The Kier molecular flexibility index (Phi) is 50.1. The molecule has 0 amide bonds. The molecule has 3 N–H and O–H groups in total. The van der Waals surface area contributed by atoms with E-state index in [0.717, 1.165) is 89.9 Å². The molecule has 0 aromatic heterocycles. The lowest BCUT2D eigenvalue weighted by molar-refractivity contribution is -0.301. The smallest absolute Gasteiger partial charge is 0.335 e. The van der Waals surface area contributed by atoms with E-state index in [0.29, 0.717) is 19.3 Å². The lowest BCUT2D eigenvalue weighted by Crippen LogP contribution is -2.61. The number of hydrogen-bond donors (Lipinski definition) is 3. The number of esters is 3. The molecule has 0 saturated carbocycles. The van der Waals surface area contributed by atoms with Gasteiger partial charge in [0.05, 0.1) is 6.61 Å². The third-order valence-corrected chi connectivity index (χ3v) is 14.7. The van der Waals surface area contributed by atoms with Crippen molar-refractivity contribution in [3.05, 3.63) is 36.5 Å². The van der Waals surface area contributed by atoms with Crippen LogP contribution in [0.2, 0.25) is 0 Å². The summed E-state index contributed by atoms with van der Waals surface area (Å²) in [7, 11) is 0. The number of aliphatic hydroxyl groups is 2. The number of allylic oxidation sites excluding steroid dienone is 6. The van der Waals surface area contributed by atoms with Gasteiger partial charge in [-0.05, 0) is 70.6 Å². The summed E-state index contributed by atoms with van der Waals surface area (Å²) in [4.78, 5) is 51.2. The van der Waals surface area contributed by atoms with Gasteiger partial charge in [-0.1, -0.05) is 250 Å². The van der Waals surface area contributed by atoms with Crippen molar-refractivity contribution in [3.8, 4) is 0 Å². The summed E-state index contributed by atoms with van der Waals surface area (Å²) in [5.74, 6) is -3.11. The second-order valence-corrected chi connectivity index (χ2v) is 22.0. The third-order valence-electron chi connectivity index (χ3n) is 14.7.